The molecule has 0 atom stereocenters. The SMILES string of the molecule is CC(=O)[O-].CC(=O)[O-].CCCc1cc(C=NCCN=Cc2cc(CCC)cc(C(C)(C)C)c2O)c(O)c(C(C)(C)C)c1.[Co+2]. The second kappa shape index (κ2) is 19.9. The summed E-state index contributed by atoms with van der Waals surface area (Å²) in [6.07, 6.45) is 7.59. The van der Waals surface area contributed by atoms with Crippen molar-refractivity contribution >= 4 is 24.4 Å². The summed E-state index contributed by atoms with van der Waals surface area (Å²) in [5.41, 5.74) is 5.61. The van der Waals surface area contributed by atoms with Gasteiger partial charge in [0, 0.05) is 46.6 Å². The zero-order valence-corrected chi connectivity index (χ0v) is 28.5. The molecular weight excluding hydrogens is 591 g/mol. The Hall–Kier alpha value is -3.17. The van der Waals surface area contributed by atoms with E-state index in [1.54, 1.807) is 12.4 Å². The van der Waals surface area contributed by atoms with Crippen LogP contribution in [-0.4, -0.2) is 47.7 Å². The molecule has 2 aromatic rings. The number of hydrogen-bond acceptors (Lipinski definition) is 8. The Kier molecular flexibility index (Phi) is 19.4. The average molecular weight is 642 g/mol. The molecule has 9 heteroatoms. The molecule has 2 rings (SSSR count). The molecule has 8 nitrogen and oxygen atoms in total. The quantitative estimate of drug-likeness (QED) is 0.301. The monoisotopic (exact) mass is 641 g/mol. The largest absolute Gasteiger partial charge is 2.00 e. The van der Waals surface area contributed by atoms with Gasteiger partial charge >= 0.3 is 16.8 Å². The minimum Gasteiger partial charge on any atom is -0.550 e. The van der Waals surface area contributed by atoms with Crippen LogP contribution in [0.5, 0.6) is 11.5 Å². The minimum absolute atomic E-state index is 0. The molecule has 2 N–H and O–H groups in total. The van der Waals surface area contributed by atoms with E-state index in [9.17, 15) is 10.2 Å². The summed E-state index contributed by atoms with van der Waals surface area (Å²) in [5, 5.41) is 39.4. The zero-order valence-electron chi connectivity index (χ0n) is 27.5. The van der Waals surface area contributed by atoms with Crippen molar-refractivity contribution < 1.29 is 46.8 Å². The fourth-order valence-electron chi connectivity index (χ4n) is 4.09. The zero-order chi connectivity index (χ0) is 32.7. The average Bonchev–Trinajstić information content (AvgIpc) is 2.82. The predicted molar refractivity (Wildman–Crippen MR) is 168 cm³/mol. The molecule has 43 heavy (non-hydrogen) atoms. The van der Waals surface area contributed by atoms with Crippen molar-refractivity contribution in [3.63, 3.8) is 0 Å². The van der Waals surface area contributed by atoms with Gasteiger partial charge in [-0.05, 0) is 60.8 Å². The second-order valence-electron chi connectivity index (χ2n) is 12.2. The predicted octanol–water partition coefficient (Wildman–Crippen LogP) is 4.65. The van der Waals surface area contributed by atoms with E-state index in [-0.39, 0.29) is 27.6 Å². The molecule has 0 amide bonds. The first kappa shape index (κ1) is 42.0. The molecule has 0 heterocycles. The molecule has 0 unspecified atom stereocenters. The number of phenolic OH excluding ortho intramolecular Hbond substituents is 2. The van der Waals surface area contributed by atoms with Crippen LogP contribution in [0.2, 0.25) is 0 Å². The van der Waals surface area contributed by atoms with E-state index in [1.165, 1.54) is 11.1 Å². The Morgan fingerprint density at radius 1 is 0.698 bits per heavy atom. The number of rotatable bonds is 9. The molecule has 0 aliphatic heterocycles. The van der Waals surface area contributed by atoms with Crippen LogP contribution >= 0.6 is 0 Å². The Labute approximate surface area is 268 Å². The van der Waals surface area contributed by atoms with Gasteiger partial charge in [-0.15, -0.1) is 0 Å². The number of aliphatic imine (C=N–C) groups is 2. The van der Waals surface area contributed by atoms with E-state index >= 15 is 0 Å². The van der Waals surface area contributed by atoms with Gasteiger partial charge in [0.2, 0.25) is 0 Å². The van der Waals surface area contributed by atoms with Gasteiger partial charge in [-0.2, -0.15) is 0 Å². The smallest absolute Gasteiger partial charge is 0.550 e. The standard InChI is InChI=1S/C30H44N2O2.2C2H4O2.Co/c1-9-11-21-15-23(27(33)25(17-21)29(3,4)5)19-31-13-14-32-20-24-16-22(12-10-2)18-26(28(24)34)30(6,7)8;2*1-2(3)4;/h15-20,33-34H,9-14H2,1-8H3;2*1H3,(H,3,4);/q;;;+2/p-2. The molecule has 0 aliphatic rings. The Morgan fingerprint density at radius 3 is 1.21 bits per heavy atom. The Morgan fingerprint density at radius 2 is 0.977 bits per heavy atom. The molecule has 0 aromatic heterocycles. The van der Waals surface area contributed by atoms with Crippen LogP contribution in [0.1, 0.15) is 115 Å². The summed E-state index contributed by atoms with van der Waals surface area (Å²) in [5.74, 6) is -1.54. The summed E-state index contributed by atoms with van der Waals surface area (Å²) in [7, 11) is 0. The van der Waals surface area contributed by atoms with Crippen LogP contribution in [-0.2, 0) is 50.0 Å². The first-order valence-electron chi connectivity index (χ1n) is 14.4. The fourth-order valence-corrected chi connectivity index (χ4v) is 4.09. The summed E-state index contributed by atoms with van der Waals surface area (Å²) >= 11 is 0. The van der Waals surface area contributed by atoms with Crippen LogP contribution < -0.4 is 10.2 Å². The number of benzene rings is 2. The number of aromatic hydroxyl groups is 2. The van der Waals surface area contributed by atoms with Crippen LogP contribution in [0, 0.1) is 0 Å². The molecule has 0 spiro atoms. The van der Waals surface area contributed by atoms with E-state index in [0.29, 0.717) is 24.6 Å². The van der Waals surface area contributed by atoms with Gasteiger partial charge in [-0.3, -0.25) is 9.98 Å². The summed E-state index contributed by atoms with van der Waals surface area (Å²) in [6.45, 7) is 20.0. The van der Waals surface area contributed by atoms with Gasteiger partial charge in [0.05, 0.1) is 13.1 Å². The maximum Gasteiger partial charge on any atom is 2.00 e. The van der Waals surface area contributed by atoms with Gasteiger partial charge in [0.25, 0.3) is 0 Å². The molecule has 0 fully saturated rings. The first-order valence-corrected chi connectivity index (χ1v) is 14.4. The number of aryl methyl sites for hydroxylation is 2. The van der Waals surface area contributed by atoms with Crippen molar-refractivity contribution in [1.29, 1.82) is 0 Å². The molecule has 241 valence electrons. The van der Waals surface area contributed by atoms with Crippen LogP contribution in [0.3, 0.4) is 0 Å². The van der Waals surface area contributed by atoms with E-state index in [1.807, 2.05) is 12.1 Å². The number of nitrogens with zero attached hydrogens (tertiary/aromatic N) is 2. The van der Waals surface area contributed by atoms with E-state index < -0.39 is 11.9 Å². The maximum absolute atomic E-state index is 10.8. The molecule has 0 saturated heterocycles. The van der Waals surface area contributed by atoms with Gasteiger partial charge < -0.3 is 30.0 Å². The third-order valence-electron chi connectivity index (χ3n) is 5.91. The molecule has 0 saturated carbocycles. The topological polar surface area (TPSA) is 145 Å². The Balaban J connectivity index is 0. The maximum atomic E-state index is 10.8. The van der Waals surface area contributed by atoms with Crippen LogP contribution in [0.4, 0.5) is 0 Å². The third-order valence-corrected chi connectivity index (χ3v) is 5.91. The van der Waals surface area contributed by atoms with Gasteiger partial charge in [-0.1, -0.05) is 80.4 Å². The molecule has 2 aromatic carbocycles. The number of carboxylic acid groups (broad SMARTS) is 2. The molecule has 1 radical (unpaired) electrons. The number of carboxylic acids is 2. The van der Waals surface area contributed by atoms with Gasteiger partial charge in [0.1, 0.15) is 11.5 Å². The normalized spacial score (nSPS) is 11.3. The van der Waals surface area contributed by atoms with Crippen molar-refractivity contribution in [1.82, 2.24) is 0 Å². The number of carbonyl (C=O) groups excluding carboxylic acids is 2. The molecule has 0 bridgehead atoms. The second-order valence-corrected chi connectivity index (χ2v) is 12.2. The van der Waals surface area contributed by atoms with Crippen molar-refractivity contribution in [3.8, 4) is 11.5 Å². The number of carbonyl (C=O) groups is 2. The molecule has 0 aliphatic carbocycles. The Bertz CT molecular complexity index is 1120. The van der Waals surface area contributed by atoms with Crippen molar-refractivity contribution in [2.75, 3.05) is 13.1 Å². The van der Waals surface area contributed by atoms with E-state index in [4.69, 9.17) is 19.8 Å². The first-order chi connectivity index (χ1) is 19.3. The van der Waals surface area contributed by atoms with Crippen molar-refractivity contribution in [3.05, 3.63) is 57.6 Å². The fraction of sp³-hybridized carbons (Fsp3) is 0.529. The summed E-state index contributed by atoms with van der Waals surface area (Å²) < 4.78 is 0. The number of hydrogen-bond donors (Lipinski definition) is 2. The summed E-state index contributed by atoms with van der Waals surface area (Å²) in [6, 6.07) is 8.30. The summed E-state index contributed by atoms with van der Waals surface area (Å²) in [4.78, 5) is 26.8. The minimum atomic E-state index is -1.08. The van der Waals surface area contributed by atoms with Crippen LogP contribution in [0.15, 0.2) is 34.3 Å². The van der Waals surface area contributed by atoms with Gasteiger partial charge in [0.15, 0.2) is 0 Å². The van der Waals surface area contributed by atoms with Gasteiger partial charge in [-0.25, -0.2) is 0 Å². The number of aliphatic carboxylic acids is 2. The van der Waals surface area contributed by atoms with E-state index in [0.717, 1.165) is 61.8 Å². The van der Waals surface area contributed by atoms with Crippen molar-refractivity contribution in [2.45, 2.75) is 106 Å². The number of phenols is 2. The van der Waals surface area contributed by atoms with Crippen molar-refractivity contribution in [2.24, 2.45) is 9.98 Å². The van der Waals surface area contributed by atoms with Crippen LogP contribution in [0.25, 0.3) is 0 Å². The molecular formula is C34H50CoN2O6. The third kappa shape index (κ3) is 16.9. The van der Waals surface area contributed by atoms with E-state index in [2.05, 4.69) is 77.5 Å².